The number of aromatic nitrogens is 2. The van der Waals surface area contributed by atoms with E-state index in [1.165, 1.54) is 0 Å². The second kappa shape index (κ2) is 4.94. The molecule has 2 rings (SSSR count). The topological polar surface area (TPSA) is 63.8 Å². The lowest BCUT2D eigenvalue weighted by Gasteiger charge is -2.13. The van der Waals surface area contributed by atoms with Gasteiger partial charge in [-0.2, -0.15) is 0 Å². The lowest BCUT2D eigenvalue weighted by atomic mass is 10.1. The van der Waals surface area contributed by atoms with E-state index in [1.54, 1.807) is 6.07 Å². The van der Waals surface area contributed by atoms with Crippen molar-refractivity contribution in [3.8, 4) is 0 Å². The van der Waals surface area contributed by atoms with Crippen LogP contribution in [0.15, 0.2) is 22.7 Å². The molecule has 1 heterocycles. The monoisotopic (exact) mass is 306 g/mol. The summed E-state index contributed by atoms with van der Waals surface area (Å²) in [5, 5.41) is 3.30. The smallest absolute Gasteiger partial charge is 0.136 e. The molecule has 0 saturated heterocycles. The molecule has 0 atom stereocenters. The number of halogens is 1. The fourth-order valence-corrected chi connectivity index (χ4v) is 2.58. The Balaban J connectivity index is 2.40. The zero-order chi connectivity index (χ0) is 13.3. The molecule has 0 radical (unpaired) electrons. The van der Waals surface area contributed by atoms with Crippen molar-refractivity contribution in [3.05, 3.63) is 39.6 Å². The second-order valence-corrected chi connectivity index (χ2v) is 5.18. The Morgan fingerprint density at radius 1 is 1.06 bits per heavy atom. The van der Waals surface area contributed by atoms with Crippen LogP contribution in [0.3, 0.4) is 0 Å². The Bertz CT molecular complexity index is 552. The average molecular weight is 307 g/mol. The van der Waals surface area contributed by atoms with Gasteiger partial charge < -0.3 is 11.1 Å². The first-order valence-electron chi connectivity index (χ1n) is 5.60. The van der Waals surface area contributed by atoms with Gasteiger partial charge in [-0.05, 0) is 44.0 Å². The average Bonchev–Trinajstić information content (AvgIpc) is 2.22. The Hall–Kier alpha value is -1.62. The Kier molecular flexibility index (Phi) is 3.52. The van der Waals surface area contributed by atoms with Crippen LogP contribution in [0.4, 0.5) is 17.3 Å². The number of hydrogen-bond donors (Lipinski definition) is 2. The predicted octanol–water partition coefficient (Wildman–Crippen LogP) is 3.49. The number of hydrogen-bond acceptors (Lipinski definition) is 4. The summed E-state index contributed by atoms with van der Waals surface area (Å²) in [6.07, 6.45) is 0. The van der Waals surface area contributed by atoms with Crippen molar-refractivity contribution in [3.63, 3.8) is 0 Å². The first kappa shape index (κ1) is 12.8. The summed E-state index contributed by atoms with van der Waals surface area (Å²) in [6, 6.07) is 5.85. The van der Waals surface area contributed by atoms with E-state index in [-0.39, 0.29) is 0 Å². The summed E-state index contributed by atoms with van der Waals surface area (Å²) in [4.78, 5) is 8.37. The third-order valence-electron chi connectivity index (χ3n) is 2.61. The Morgan fingerprint density at radius 2 is 1.67 bits per heavy atom. The molecule has 1 aromatic carbocycles. The summed E-state index contributed by atoms with van der Waals surface area (Å²) in [7, 11) is 0. The van der Waals surface area contributed by atoms with Gasteiger partial charge in [-0.3, -0.25) is 0 Å². The van der Waals surface area contributed by atoms with Gasteiger partial charge in [0.1, 0.15) is 17.5 Å². The van der Waals surface area contributed by atoms with Crippen molar-refractivity contribution in [2.24, 2.45) is 0 Å². The van der Waals surface area contributed by atoms with Gasteiger partial charge in [0.15, 0.2) is 0 Å². The largest absolute Gasteiger partial charge is 0.384 e. The lowest BCUT2D eigenvalue weighted by molar-refractivity contribution is 1.06. The zero-order valence-electron chi connectivity index (χ0n) is 10.6. The second-order valence-electron chi connectivity index (χ2n) is 4.26. The van der Waals surface area contributed by atoms with Gasteiger partial charge in [-0.1, -0.05) is 15.9 Å². The summed E-state index contributed by atoms with van der Waals surface area (Å²) in [6.45, 7) is 5.93. The van der Waals surface area contributed by atoms with Gasteiger partial charge in [-0.25, -0.2) is 9.97 Å². The molecule has 0 amide bonds. The van der Waals surface area contributed by atoms with Gasteiger partial charge in [0.05, 0.1) is 0 Å². The lowest BCUT2D eigenvalue weighted by Crippen LogP contribution is -2.02. The third kappa shape index (κ3) is 2.79. The molecule has 3 N–H and O–H groups in total. The van der Waals surface area contributed by atoms with Crippen molar-refractivity contribution in [2.75, 3.05) is 11.1 Å². The maximum absolute atomic E-state index is 5.71. The maximum Gasteiger partial charge on any atom is 0.136 e. The molecule has 0 fully saturated rings. The van der Waals surface area contributed by atoms with Crippen LogP contribution in [0, 0.1) is 20.8 Å². The number of nitrogen functional groups attached to an aromatic ring is 1. The molecule has 0 aliphatic rings. The minimum Gasteiger partial charge on any atom is -0.384 e. The van der Waals surface area contributed by atoms with Crippen LogP contribution in [0.2, 0.25) is 0 Å². The predicted molar refractivity (Wildman–Crippen MR) is 78.1 cm³/mol. The molecule has 94 valence electrons. The summed E-state index contributed by atoms with van der Waals surface area (Å²) in [5.41, 5.74) is 9.07. The van der Waals surface area contributed by atoms with E-state index in [2.05, 4.69) is 57.2 Å². The van der Waals surface area contributed by atoms with E-state index in [0.717, 1.165) is 21.3 Å². The minimum absolute atomic E-state index is 0.470. The number of nitrogens with two attached hydrogens (primary N) is 1. The molecular formula is C13H15BrN4. The van der Waals surface area contributed by atoms with Gasteiger partial charge in [-0.15, -0.1) is 0 Å². The standard InChI is InChI=1S/C13H15BrN4/c1-7-4-10(14)5-8(2)13(7)18-12-6-11(15)16-9(3)17-12/h4-6H,1-3H3,(H3,15,16,17,18). The summed E-state index contributed by atoms with van der Waals surface area (Å²) < 4.78 is 1.07. The molecule has 4 nitrogen and oxygen atoms in total. The Labute approximate surface area is 115 Å². The van der Waals surface area contributed by atoms with Crippen molar-refractivity contribution in [2.45, 2.75) is 20.8 Å². The van der Waals surface area contributed by atoms with Crippen molar-refractivity contribution in [1.82, 2.24) is 9.97 Å². The Morgan fingerprint density at radius 3 is 2.22 bits per heavy atom. The molecule has 5 heteroatoms. The van der Waals surface area contributed by atoms with E-state index >= 15 is 0 Å². The molecule has 0 unspecified atom stereocenters. The molecule has 0 aliphatic carbocycles. The normalized spacial score (nSPS) is 10.4. The molecule has 2 aromatic rings. The molecule has 0 bridgehead atoms. The van der Waals surface area contributed by atoms with Crippen LogP contribution in [0.1, 0.15) is 17.0 Å². The first-order chi connectivity index (χ1) is 8.45. The number of nitrogens with zero attached hydrogens (tertiary/aromatic N) is 2. The molecule has 1 aromatic heterocycles. The van der Waals surface area contributed by atoms with E-state index in [4.69, 9.17) is 5.73 Å². The molecule has 0 spiro atoms. The zero-order valence-corrected chi connectivity index (χ0v) is 12.2. The molecule has 0 saturated carbocycles. The fourth-order valence-electron chi connectivity index (χ4n) is 1.89. The van der Waals surface area contributed by atoms with Crippen LogP contribution in [-0.2, 0) is 0 Å². The van der Waals surface area contributed by atoms with E-state index in [0.29, 0.717) is 17.5 Å². The highest BCUT2D eigenvalue weighted by atomic mass is 79.9. The van der Waals surface area contributed by atoms with Crippen LogP contribution in [0.25, 0.3) is 0 Å². The highest BCUT2D eigenvalue weighted by Crippen LogP contribution is 2.27. The van der Waals surface area contributed by atoms with Gasteiger partial charge in [0, 0.05) is 16.2 Å². The maximum atomic E-state index is 5.71. The van der Waals surface area contributed by atoms with Crippen molar-refractivity contribution >= 4 is 33.3 Å². The summed E-state index contributed by atoms with van der Waals surface area (Å²) in [5.74, 6) is 1.84. The van der Waals surface area contributed by atoms with Crippen LogP contribution in [0.5, 0.6) is 0 Å². The first-order valence-corrected chi connectivity index (χ1v) is 6.40. The molecule has 0 aliphatic heterocycles. The highest BCUT2D eigenvalue weighted by molar-refractivity contribution is 9.10. The molecular weight excluding hydrogens is 292 g/mol. The van der Waals surface area contributed by atoms with Gasteiger partial charge in [0.2, 0.25) is 0 Å². The summed E-state index contributed by atoms with van der Waals surface area (Å²) >= 11 is 3.48. The van der Waals surface area contributed by atoms with Crippen molar-refractivity contribution in [1.29, 1.82) is 0 Å². The number of benzene rings is 1. The van der Waals surface area contributed by atoms with Gasteiger partial charge >= 0.3 is 0 Å². The number of nitrogens with one attached hydrogen (secondary N) is 1. The quantitative estimate of drug-likeness (QED) is 0.891. The number of aryl methyl sites for hydroxylation is 3. The van der Waals surface area contributed by atoms with E-state index in [1.807, 2.05) is 6.92 Å². The van der Waals surface area contributed by atoms with E-state index < -0.39 is 0 Å². The van der Waals surface area contributed by atoms with Crippen LogP contribution < -0.4 is 11.1 Å². The SMILES string of the molecule is Cc1nc(N)cc(Nc2c(C)cc(Br)cc2C)n1. The van der Waals surface area contributed by atoms with Gasteiger partial charge in [0.25, 0.3) is 0 Å². The van der Waals surface area contributed by atoms with E-state index in [9.17, 15) is 0 Å². The molecule has 18 heavy (non-hydrogen) atoms. The number of anilines is 3. The van der Waals surface area contributed by atoms with Crippen LogP contribution >= 0.6 is 15.9 Å². The van der Waals surface area contributed by atoms with Crippen LogP contribution in [-0.4, -0.2) is 9.97 Å². The third-order valence-corrected chi connectivity index (χ3v) is 3.07. The fraction of sp³-hybridized carbons (Fsp3) is 0.231. The highest BCUT2D eigenvalue weighted by Gasteiger charge is 2.06. The van der Waals surface area contributed by atoms with Crippen molar-refractivity contribution < 1.29 is 0 Å². The number of rotatable bonds is 2. The minimum atomic E-state index is 0.470.